The molecule has 0 amide bonds. The van der Waals surface area contributed by atoms with Gasteiger partial charge < -0.3 is 4.42 Å². The van der Waals surface area contributed by atoms with Gasteiger partial charge in [-0.15, -0.1) is 5.10 Å². The van der Waals surface area contributed by atoms with E-state index in [1.165, 1.54) is 0 Å². The molecule has 14 heavy (non-hydrogen) atoms. The molecule has 0 radical (unpaired) electrons. The van der Waals surface area contributed by atoms with Gasteiger partial charge in [0.25, 0.3) is 0 Å². The largest absolute Gasteiger partial charge is 0.407 e. The Morgan fingerprint density at radius 1 is 1.36 bits per heavy atom. The molecule has 2 aromatic rings. The van der Waals surface area contributed by atoms with Crippen LogP contribution in [0.3, 0.4) is 0 Å². The lowest BCUT2D eigenvalue weighted by Crippen LogP contribution is -1.79. The van der Waals surface area contributed by atoms with E-state index in [0.717, 1.165) is 0 Å². The summed E-state index contributed by atoms with van der Waals surface area (Å²) in [7, 11) is 0. The average molecular weight is 206 g/mol. The summed E-state index contributed by atoms with van der Waals surface area (Å²) in [5.41, 5.74) is 1.22. The summed E-state index contributed by atoms with van der Waals surface area (Å²) in [6.07, 6.45) is 0. The van der Waals surface area contributed by atoms with Crippen LogP contribution in [0.4, 0.5) is 0 Å². The van der Waals surface area contributed by atoms with Crippen LogP contribution in [0.25, 0.3) is 11.5 Å². The Hall–Kier alpha value is -1.86. The topological polar surface area (TPSA) is 62.7 Å². The molecule has 5 heteroatoms. The summed E-state index contributed by atoms with van der Waals surface area (Å²) in [5, 5.41) is 15.9. The second-order valence-electron chi connectivity index (χ2n) is 2.55. The smallest absolute Gasteiger partial charge is 0.313 e. The van der Waals surface area contributed by atoms with Gasteiger partial charge in [-0.2, -0.15) is 5.26 Å². The molecule has 0 fully saturated rings. The Bertz CT molecular complexity index is 501. The Morgan fingerprint density at radius 2 is 2.21 bits per heavy atom. The van der Waals surface area contributed by atoms with Gasteiger partial charge in [0.2, 0.25) is 5.89 Å². The van der Waals surface area contributed by atoms with Gasteiger partial charge in [0, 0.05) is 5.56 Å². The summed E-state index contributed by atoms with van der Waals surface area (Å²) in [5.74, 6) is 0.312. The molecule has 0 saturated heterocycles. The standard InChI is InChI=1S/C9H4ClN3O/c10-9-13-12-8(14-9)7-3-1-2-6(4-7)5-11/h1-4H. The number of nitriles is 1. The van der Waals surface area contributed by atoms with Gasteiger partial charge in [-0.3, -0.25) is 0 Å². The molecule has 0 unspecified atom stereocenters. The van der Waals surface area contributed by atoms with Crippen LogP contribution in [-0.4, -0.2) is 10.2 Å². The molecule has 0 aliphatic carbocycles. The third-order valence-electron chi connectivity index (χ3n) is 1.64. The van der Waals surface area contributed by atoms with Crippen LogP contribution in [0, 0.1) is 11.3 Å². The first kappa shape index (κ1) is 8.73. The van der Waals surface area contributed by atoms with Crippen molar-refractivity contribution >= 4 is 11.6 Å². The second kappa shape index (κ2) is 3.48. The summed E-state index contributed by atoms with van der Waals surface area (Å²) < 4.78 is 5.00. The molecule has 2 rings (SSSR count). The van der Waals surface area contributed by atoms with Gasteiger partial charge in [-0.05, 0) is 29.8 Å². The van der Waals surface area contributed by atoms with Crippen molar-refractivity contribution in [3.8, 4) is 17.5 Å². The van der Waals surface area contributed by atoms with Crippen molar-refractivity contribution in [2.24, 2.45) is 0 Å². The molecule has 0 N–H and O–H groups in total. The second-order valence-corrected chi connectivity index (χ2v) is 2.88. The number of aromatic nitrogens is 2. The van der Waals surface area contributed by atoms with E-state index < -0.39 is 0 Å². The van der Waals surface area contributed by atoms with Gasteiger partial charge in [0.1, 0.15) is 0 Å². The zero-order valence-electron chi connectivity index (χ0n) is 6.94. The summed E-state index contributed by atoms with van der Waals surface area (Å²) >= 11 is 5.48. The Kier molecular flexibility index (Phi) is 2.17. The molecule has 0 saturated carbocycles. The minimum absolute atomic E-state index is 0.0117. The van der Waals surface area contributed by atoms with Crippen LogP contribution >= 0.6 is 11.6 Å². The molecule has 0 aliphatic rings. The van der Waals surface area contributed by atoms with Crippen molar-refractivity contribution in [1.82, 2.24) is 10.2 Å². The highest BCUT2D eigenvalue weighted by Gasteiger charge is 2.06. The van der Waals surface area contributed by atoms with E-state index in [-0.39, 0.29) is 5.35 Å². The van der Waals surface area contributed by atoms with E-state index in [1.807, 2.05) is 6.07 Å². The van der Waals surface area contributed by atoms with E-state index in [0.29, 0.717) is 17.0 Å². The molecule has 0 aliphatic heterocycles. The number of halogens is 1. The van der Waals surface area contributed by atoms with Crippen LogP contribution in [-0.2, 0) is 0 Å². The zero-order valence-corrected chi connectivity index (χ0v) is 7.69. The fraction of sp³-hybridized carbons (Fsp3) is 0. The molecular weight excluding hydrogens is 202 g/mol. The molecule has 0 atom stereocenters. The van der Waals surface area contributed by atoms with Crippen molar-refractivity contribution in [3.05, 3.63) is 35.2 Å². The molecule has 1 aromatic carbocycles. The molecule has 68 valence electrons. The van der Waals surface area contributed by atoms with Gasteiger partial charge in [-0.1, -0.05) is 11.2 Å². The fourth-order valence-corrected chi connectivity index (χ4v) is 1.15. The van der Waals surface area contributed by atoms with Gasteiger partial charge >= 0.3 is 5.35 Å². The molecule has 1 heterocycles. The maximum absolute atomic E-state index is 8.67. The van der Waals surface area contributed by atoms with E-state index in [9.17, 15) is 0 Å². The predicted molar refractivity (Wildman–Crippen MR) is 49.5 cm³/mol. The van der Waals surface area contributed by atoms with Crippen molar-refractivity contribution in [2.45, 2.75) is 0 Å². The maximum Gasteiger partial charge on any atom is 0.313 e. The van der Waals surface area contributed by atoms with Gasteiger partial charge in [-0.25, -0.2) is 0 Å². The lowest BCUT2D eigenvalue weighted by atomic mass is 10.1. The van der Waals surface area contributed by atoms with Crippen LogP contribution in [0.1, 0.15) is 5.56 Å². The third kappa shape index (κ3) is 1.58. The zero-order chi connectivity index (χ0) is 9.97. The Balaban J connectivity index is 2.47. The third-order valence-corrected chi connectivity index (χ3v) is 1.79. The van der Waals surface area contributed by atoms with Gasteiger partial charge in [0.15, 0.2) is 0 Å². The minimum atomic E-state index is -0.0117. The molecule has 0 spiro atoms. The highest BCUT2D eigenvalue weighted by atomic mass is 35.5. The predicted octanol–water partition coefficient (Wildman–Crippen LogP) is 2.26. The minimum Gasteiger partial charge on any atom is -0.407 e. The molecule has 1 aromatic heterocycles. The summed E-state index contributed by atoms with van der Waals surface area (Å²) in [4.78, 5) is 0. The lowest BCUT2D eigenvalue weighted by Gasteiger charge is -1.93. The maximum atomic E-state index is 8.67. The van der Waals surface area contributed by atoms with Crippen LogP contribution in [0.2, 0.25) is 5.35 Å². The number of hydrogen-bond acceptors (Lipinski definition) is 4. The quantitative estimate of drug-likeness (QED) is 0.717. The normalized spacial score (nSPS) is 9.71. The fourth-order valence-electron chi connectivity index (χ4n) is 1.04. The van der Waals surface area contributed by atoms with Crippen molar-refractivity contribution < 1.29 is 4.42 Å². The van der Waals surface area contributed by atoms with Crippen molar-refractivity contribution in [3.63, 3.8) is 0 Å². The number of hydrogen-bond donors (Lipinski definition) is 0. The lowest BCUT2D eigenvalue weighted by molar-refractivity contribution is 0.571. The highest BCUT2D eigenvalue weighted by Crippen LogP contribution is 2.20. The molecule has 0 bridgehead atoms. The SMILES string of the molecule is N#Cc1cccc(-c2nnc(Cl)o2)c1. The van der Waals surface area contributed by atoms with E-state index in [1.54, 1.807) is 24.3 Å². The number of nitrogens with zero attached hydrogens (tertiary/aromatic N) is 3. The van der Waals surface area contributed by atoms with Crippen molar-refractivity contribution in [2.75, 3.05) is 0 Å². The van der Waals surface area contributed by atoms with Crippen LogP contribution < -0.4 is 0 Å². The van der Waals surface area contributed by atoms with Gasteiger partial charge in [0.05, 0.1) is 11.6 Å². The van der Waals surface area contributed by atoms with E-state index in [4.69, 9.17) is 21.3 Å². The monoisotopic (exact) mass is 205 g/mol. The highest BCUT2D eigenvalue weighted by molar-refractivity contribution is 6.27. The van der Waals surface area contributed by atoms with Crippen LogP contribution in [0.15, 0.2) is 28.7 Å². The average Bonchev–Trinajstić information content (AvgIpc) is 2.65. The summed E-state index contributed by atoms with van der Waals surface area (Å²) in [6, 6.07) is 8.88. The van der Waals surface area contributed by atoms with Crippen LogP contribution in [0.5, 0.6) is 0 Å². The first-order valence-electron chi connectivity index (χ1n) is 3.79. The first-order chi connectivity index (χ1) is 6.79. The van der Waals surface area contributed by atoms with E-state index in [2.05, 4.69) is 10.2 Å². The summed E-state index contributed by atoms with van der Waals surface area (Å²) in [6.45, 7) is 0. The van der Waals surface area contributed by atoms with E-state index >= 15 is 0 Å². The molecular formula is C9H4ClN3O. The number of rotatable bonds is 1. The Morgan fingerprint density at radius 3 is 2.86 bits per heavy atom. The van der Waals surface area contributed by atoms with Crippen molar-refractivity contribution in [1.29, 1.82) is 5.26 Å². The number of benzene rings is 1. The first-order valence-corrected chi connectivity index (χ1v) is 4.17. The molecule has 4 nitrogen and oxygen atoms in total. The Labute approximate surface area is 84.8 Å².